The maximum absolute atomic E-state index is 13.8. The van der Waals surface area contributed by atoms with Crippen LogP contribution >= 0.6 is 0 Å². The molecule has 2 aromatic heterocycles. The zero-order chi connectivity index (χ0) is 45.8. The molecule has 0 saturated heterocycles. The summed E-state index contributed by atoms with van der Waals surface area (Å²) >= 11 is 0. The van der Waals surface area contributed by atoms with Crippen molar-refractivity contribution < 1.29 is 42.9 Å². The smallest absolute Gasteiger partial charge is 0.462 e. The molecule has 9 atom stereocenters. The summed E-state index contributed by atoms with van der Waals surface area (Å²) in [5.41, 5.74) is 2.75. The minimum Gasteiger partial charge on any atom is -0.462 e. The van der Waals surface area contributed by atoms with Crippen LogP contribution in [0.3, 0.4) is 0 Å². The van der Waals surface area contributed by atoms with Crippen molar-refractivity contribution in [2.24, 2.45) is 46.3 Å². The quantitative estimate of drug-likeness (QED) is 0.0546. The molecule has 348 valence electrons. The first kappa shape index (κ1) is 45.2. The summed E-state index contributed by atoms with van der Waals surface area (Å²) in [5, 5.41) is 0.937. The number of fused-ring (bicyclic) bond motifs is 10. The summed E-state index contributed by atoms with van der Waals surface area (Å²) in [7, 11) is 0. The van der Waals surface area contributed by atoms with Crippen LogP contribution in [-0.2, 0) is 56.8 Å². The van der Waals surface area contributed by atoms with Gasteiger partial charge in [0.25, 0.3) is 5.56 Å². The SMILES string of the molecule is CC[C@@]1(OC(=O)OCOC(=O)CCC(=O)O[C@H]2CC[C@@]3(C)C(=CC[C@H]4[C@@H]5CC[C@H]([C@H](C)CCCC(C)C)[C@@]5(C)CC[C@@H]43)C2)C(=O)OCc2c1cc1n(c2=O)Cc2cc3ccccc3nc2-1. The molecule has 0 bridgehead atoms. The molecule has 0 unspecified atom stereocenters. The van der Waals surface area contributed by atoms with Crippen molar-refractivity contribution in [2.75, 3.05) is 6.79 Å². The van der Waals surface area contributed by atoms with E-state index in [0.717, 1.165) is 71.7 Å². The summed E-state index contributed by atoms with van der Waals surface area (Å²) < 4.78 is 28.8. The van der Waals surface area contributed by atoms with Gasteiger partial charge in [0.1, 0.15) is 12.7 Å². The Bertz CT molecular complexity index is 2470. The second-order valence-corrected chi connectivity index (χ2v) is 21.0. The van der Waals surface area contributed by atoms with Gasteiger partial charge in [0.05, 0.1) is 41.9 Å². The average molecular weight is 891 g/mol. The van der Waals surface area contributed by atoms with E-state index in [1.807, 2.05) is 30.3 Å². The van der Waals surface area contributed by atoms with Crippen molar-refractivity contribution >= 4 is 35.0 Å². The fraction of sp³-hybridized carbons (Fsp3) is 0.623. The van der Waals surface area contributed by atoms with Gasteiger partial charge in [0, 0.05) is 22.9 Å². The molecule has 4 heterocycles. The zero-order valence-electron chi connectivity index (χ0n) is 39.1. The molecule has 3 aromatic rings. The number of ether oxygens (including phenoxy) is 5. The molecule has 3 fully saturated rings. The first-order valence-corrected chi connectivity index (χ1v) is 24.4. The number of carbonyl (C=O) groups excluding carboxylic acids is 4. The van der Waals surface area contributed by atoms with Gasteiger partial charge in [-0.3, -0.25) is 14.4 Å². The molecular weight excluding hydrogens is 825 g/mol. The van der Waals surface area contributed by atoms with E-state index in [9.17, 15) is 24.0 Å². The first-order chi connectivity index (χ1) is 31.1. The number of allylic oxidation sites excluding steroid dienone is 1. The van der Waals surface area contributed by atoms with Crippen LogP contribution in [0, 0.1) is 46.3 Å². The lowest BCUT2D eigenvalue weighted by Gasteiger charge is -2.58. The Kier molecular flexibility index (Phi) is 12.3. The number of aromatic nitrogens is 2. The Morgan fingerprint density at radius 1 is 0.938 bits per heavy atom. The van der Waals surface area contributed by atoms with E-state index in [1.165, 1.54) is 50.5 Å². The summed E-state index contributed by atoms with van der Waals surface area (Å²) in [6, 6.07) is 11.3. The third-order valence-electron chi connectivity index (χ3n) is 17.1. The summed E-state index contributed by atoms with van der Waals surface area (Å²) in [6.45, 7) is 13.1. The molecular formula is C53H66N2O10. The maximum atomic E-state index is 13.8. The van der Waals surface area contributed by atoms with Crippen LogP contribution in [-0.4, -0.2) is 46.5 Å². The van der Waals surface area contributed by atoms with Gasteiger partial charge in [-0.1, -0.05) is 90.7 Å². The van der Waals surface area contributed by atoms with Gasteiger partial charge in [-0.15, -0.1) is 0 Å². The van der Waals surface area contributed by atoms with Crippen molar-refractivity contribution in [3.05, 3.63) is 75.1 Å². The lowest BCUT2D eigenvalue weighted by Crippen LogP contribution is -2.51. The number of esters is 3. The van der Waals surface area contributed by atoms with Gasteiger partial charge in [-0.05, 0) is 116 Å². The van der Waals surface area contributed by atoms with Gasteiger partial charge in [-0.25, -0.2) is 14.6 Å². The van der Waals surface area contributed by atoms with Crippen LogP contribution in [0.2, 0.25) is 0 Å². The zero-order valence-corrected chi connectivity index (χ0v) is 39.1. The van der Waals surface area contributed by atoms with Gasteiger partial charge in [-0.2, -0.15) is 0 Å². The molecule has 0 radical (unpaired) electrons. The van der Waals surface area contributed by atoms with E-state index in [4.69, 9.17) is 28.7 Å². The van der Waals surface area contributed by atoms with Crippen LogP contribution in [0.25, 0.3) is 22.3 Å². The second-order valence-electron chi connectivity index (χ2n) is 21.0. The number of para-hydroxylation sites is 1. The standard InChI is InChI=1S/C53H66N2O10/c1-7-53(42-27-44-47-34(25-33-13-8-9-14-43(33)54-47)28-55(44)48(58)38(42)29-61-49(53)59)65-50(60)63-30-62-45(56)19-20-46(57)64-36-21-23-51(5)35(26-36)15-16-37-40-18-17-39(32(4)12-10-11-31(2)3)52(40,6)24-22-41(37)51/h8-9,13-15,25,27,31-32,36-37,39-41H,7,10-12,16-24,26,28-30H2,1-6H3/t32-,36+,37+,39-,40+,41+,51+,52-,53+/m1/s1. The molecule has 3 saturated carbocycles. The second kappa shape index (κ2) is 17.7. The van der Waals surface area contributed by atoms with E-state index in [2.05, 4.69) is 40.7 Å². The Morgan fingerprint density at radius 3 is 2.54 bits per heavy atom. The number of carbonyl (C=O) groups is 4. The molecule has 12 nitrogen and oxygen atoms in total. The predicted molar refractivity (Wildman–Crippen MR) is 243 cm³/mol. The van der Waals surface area contributed by atoms with Crippen LogP contribution < -0.4 is 5.56 Å². The van der Waals surface area contributed by atoms with Crippen LogP contribution in [0.5, 0.6) is 0 Å². The average Bonchev–Trinajstić information content (AvgIpc) is 3.83. The van der Waals surface area contributed by atoms with Gasteiger partial charge < -0.3 is 28.3 Å². The highest BCUT2D eigenvalue weighted by molar-refractivity contribution is 5.88. The largest absolute Gasteiger partial charge is 0.512 e. The highest BCUT2D eigenvalue weighted by atomic mass is 16.8. The van der Waals surface area contributed by atoms with Crippen molar-refractivity contribution in [2.45, 2.75) is 156 Å². The number of nitrogens with zero attached hydrogens (tertiary/aromatic N) is 2. The van der Waals surface area contributed by atoms with Crippen LogP contribution in [0.1, 0.15) is 148 Å². The Labute approximate surface area is 382 Å². The molecule has 9 rings (SSSR count). The number of cyclic esters (lactones) is 1. The summed E-state index contributed by atoms with van der Waals surface area (Å²) in [6.07, 6.45) is 13.5. The van der Waals surface area contributed by atoms with Crippen molar-refractivity contribution in [1.29, 1.82) is 0 Å². The monoisotopic (exact) mass is 890 g/mol. The summed E-state index contributed by atoms with van der Waals surface area (Å²) in [5.74, 6) is 2.49. The number of pyridine rings is 2. The molecule has 0 N–H and O–H groups in total. The number of rotatable bonds is 13. The molecule has 12 heteroatoms. The molecule has 1 aromatic carbocycles. The van der Waals surface area contributed by atoms with Crippen LogP contribution in [0.4, 0.5) is 4.79 Å². The molecule has 0 spiro atoms. The molecule has 65 heavy (non-hydrogen) atoms. The maximum Gasteiger partial charge on any atom is 0.512 e. The number of benzene rings is 1. The minimum atomic E-state index is -1.98. The lowest BCUT2D eigenvalue weighted by molar-refractivity contribution is -0.179. The van der Waals surface area contributed by atoms with Gasteiger partial charge in [0.15, 0.2) is 0 Å². The van der Waals surface area contributed by atoms with Crippen molar-refractivity contribution in [1.82, 2.24) is 9.55 Å². The third-order valence-corrected chi connectivity index (χ3v) is 17.1. The molecule has 0 amide bonds. The molecule has 2 aliphatic heterocycles. The van der Waals surface area contributed by atoms with Crippen molar-refractivity contribution in [3.63, 3.8) is 0 Å². The normalized spacial score (nSPS) is 30.1. The predicted octanol–water partition coefficient (Wildman–Crippen LogP) is 10.5. The third kappa shape index (κ3) is 8.08. The lowest BCUT2D eigenvalue weighted by atomic mass is 9.47. The first-order valence-electron chi connectivity index (χ1n) is 24.4. The number of hydrogen-bond acceptors (Lipinski definition) is 11. The Hall–Kier alpha value is -5.00. The molecule has 4 aliphatic carbocycles. The highest BCUT2D eigenvalue weighted by Crippen LogP contribution is 2.67. The number of hydrogen-bond donors (Lipinski definition) is 0. The molecule has 6 aliphatic rings. The van der Waals surface area contributed by atoms with Crippen molar-refractivity contribution in [3.8, 4) is 11.4 Å². The van der Waals surface area contributed by atoms with E-state index in [1.54, 1.807) is 17.6 Å². The summed E-state index contributed by atoms with van der Waals surface area (Å²) in [4.78, 5) is 70.8. The van der Waals surface area contributed by atoms with Crippen LogP contribution in [0.15, 0.2) is 52.8 Å². The van der Waals surface area contributed by atoms with E-state index in [-0.39, 0.29) is 54.1 Å². The van der Waals surface area contributed by atoms with E-state index in [0.29, 0.717) is 29.3 Å². The Morgan fingerprint density at radius 2 is 1.74 bits per heavy atom. The fourth-order valence-electron chi connectivity index (χ4n) is 13.7. The van der Waals surface area contributed by atoms with Gasteiger partial charge >= 0.3 is 24.1 Å². The highest BCUT2D eigenvalue weighted by Gasteiger charge is 2.59. The van der Waals surface area contributed by atoms with E-state index >= 15 is 0 Å². The van der Waals surface area contributed by atoms with Gasteiger partial charge in [0.2, 0.25) is 12.4 Å². The van der Waals surface area contributed by atoms with E-state index < -0.39 is 36.5 Å². The topological polar surface area (TPSA) is 149 Å². The fourth-order valence-corrected chi connectivity index (χ4v) is 13.7. The minimum absolute atomic E-state index is 0.0616. The Balaban J connectivity index is 0.754.